The van der Waals surface area contributed by atoms with Gasteiger partial charge in [-0.2, -0.15) is 0 Å². The summed E-state index contributed by atoms with van der Waals surface area (Å²) in [6.45, 7) is 4.99. The number of hydrogen-bond donors (Lipinski definition) is 3. The van der Waals surface area contributed by atoms with Gasteiger partial charge in [-0.25, -0.2) is 0 Å². The lowest BCUT2D eigenvalue weighted by Gasteiger charge is -2.25. The molecule has 0 spiro atoms. The zero-order valence-corrected chi connectivity index (χ0v) is 10.8. The Balaban J connectivity index is 2.41. The number of aliphatic hydroxyl groups is 1. The van der Waals surface area contributed by atoms with E-state index in [0.29, 0.717) is 6.54 Å². The normalized spacial score (nSPS) is 13.3. The fourth-order valence-corrected chi connectivity index (χ4v) is 1.68. The van der Waals surface area contributed by atoms with Crippen LogP contribution in [0.5, 0.6) is 0 Å². The third-order valence-electron chi connectivity index (χ3n) is 2.72. The first-order chi connectivity index (χ1) is 8.42. The maximum absolute atomic E-state index is 10.4. The van der Waals surface area contributed by atoms with Crippen molar-refractivity contribution < 1.29 is 15.0 Å². The number of pyridine rings is 1. The van der Waals surface area contributed by atoms with E-state index in [9.17, 15) is 9.90 Å². The Morgan fingerprint density at radius 3 is 2.78 bits per heavy atom. The van der Waals surface area contributed by atoms with Crippen LogP contribution in [0.2, 0.25) is 0 Å². The fourth-order valence-electron chi connectivity index (χ4n) is 1.68. The maximum atomic E-state index is 10.4. The lowest BCUT2D eigenvalue weighted by Crippen LogP contribution is -2.38. The molecule has 0 amide bonds. The van der Waals surface area contributed by atoms with Gasteiger partial charge >= 0.3 is 5.97 Å². The van der Waals surface area contributed by atoms with Crippen molar-refractivity contribution in [3.63, 3.8) is 0 Å². The number of hydrogen-bond acceptors (Lipinski definition) is 4. The van der Waals surface area contributed by atoms with Crippen molar-refractivity contribution in [1.82, 2.24) is 10.3 Å². The smallest absolute Gasteiger partial charge is 0.306 e. The van der Waals surface area contributed by atoms with Crippen LogP contribution in [0.4, 0.5) is 0 Å². The molecule has 5 heteroatoms. The summed E-state index contributed by atoms with van der Waals surface area (Å²) in [4.78, 5) is 14.7. The summed E-state index contributed by atoms with van der Waals surface area (Å²) in [7, 11) is 0. The largest absolute Gasteiger partial charge is 0.481 e. The second-order valence-corrected chi connectivity index (χ2v) is 4.98. The first-order valence-electron chi connectivity index (χ1n) is 5.94. The van der Waals surface area contributed by atoms with E-state index in [0.717, 1.165) is 5.69 Å². The molecule has 0 saturated heterocycles. The molecule has 1 unspecified atom stereocenters. The molecular formula is C13H20N2O3. The number of rotatable bonds is 7. The van der Waals surface area contributed by atoms with Crippen LogP contribution in [0.25, 0.3) is 0 Å². The van der Waals surface area contributed by atoms with Gasteiger partial charge < -0.3 is 15.5 Å². The molecule has 1 rings (SSSR count). The van der Waals surface area contributed by atoms with Gasteiger partial charge in [-0.3, -0.25) is 9.78 Å². The van der Waals surface area contributed by atoms with Crippen LogP contribution in [0.1, 0.15) is 26.0 Å². The summed E-state index contributed by atoms with van der Waals surface area (Å²) in [6.07, 6.45) is 0.648. The van der Waals surface area contributed by atoms with Crippen LogP contribution in [-0.4, -0.2) is 40.4 Å². The number of aliphatic carboxylic acids is 1. The molecule has 0 aliphatic heterocycles. The maximum Gasteiger partial charge on any atom is 0.306 e. The summed E-state index contributed by atoms with van der Waals surface area (Å²) in [5.41, 5.74) is 0.801. The van der Waals surface area contributed by atoms with Crippen molar-refractivity contribution in [2.24, 2.45) is 0 Å². The highest BCUT2D eigenvalue weighted by molar-refractivity contribution is 5.67. The molecule has 100 valence electrons. The molecule has 0 bridgehead atoms. The topological polar surface area (TPSA) is 82.5 Å². The Labute approximate surface area is 107 Å². The standard InChI is InChI=1S/C13H20N2O3/c1-13(2,11-5-3-4-6-15-11)9-14-8-10(16)7-12(17)18/h3-6,10,14,16H,7-9H2,1-2H3,(H,17,18). The first-order valence-corrected chi connectivity index (χ1v) is 5.94. The second-order valence-electron chi connectivity index (χ2n) is 4.98. The molecule has 5 nitrogen and oxygen atoms in total. The van der Waals surface area contributed by atoms with E-state index in [1.807, 2.05) is 32.0 Å². The van der Waals surface area contributed by atoms with Crippen molar-refractivity contribution in [2.45, 2.75) is 31.8 Å². The molecule has 0 saturated carbocycles. The minimum Gasteiger partial charge on any atom is -0.481 e. The molecule has 1 heterocycles. The Kier molecular flexibility index (Phi) is 5.25. The molecule has 0 aliphatic rings. The average molecular weight is 252 g/mol. The molecule has 0 aromatic carbocycles. The van der Waals surface area contributed by atoms with Crippen LogP contribution in [0, 0.1) is 0 Å². The van der Waals surface area contributed by atoms with Crippen LogP contribution < -0.4 is 5.32 Å². The highest BCUT2D eigenvalue weighted by Gasteiger charge is 2.21. The van der Waals surface area contributed by atoms with Gasteiger partial charge in [0, 0.05) is 30.4 Å². The minimum absolute atomic E-state index is 0.162. The van der Waals surface area contributed by atoms with Gasteiger partial charge in [0.2, 0.25) is 0 Å². The Bertz CT molecular complexity index is 379. The zero-order valence-electron chi connectivity index (χ0n) is 10.8. The SMILES string of the molecule is CC(C)(CNCC(O)CC(=O)O)c1ccccn1. The van der Waals surface area contributed by atoms with Crippen molar-refractivity contribution in [3.8, 4) is 0 Å². The van der Waals surface area contributed by atoms with Gasteiger partial charge in [0.15, 0.2) is 0 Å². The highest BCUT2D eigenvalue weighted by atomic mass is 16.4. The van der Waals surface area contributed by atoms with E-state index >= 15 is 0 Å². The third-order valence-corrected chi connectivity index (χ3v) is 2.72. The number of carboxylic acid groups (broad SMARTS) is 1. The molecule has 0 fully saturated rings. The van der Waals surface area contributed by atoms with Gasteiger partial charge in [0.25, 0.3) is 0 Å². The van der Waals surface area contributed by atoms with Gasteiger partial charge in [-0.1, -0.05) is 19.9 Å². The summed E-state index contributed by atoms with van der Waals surface area (Å²) in [5, 5.41) is 21.0. The Hall–Kier alpha value is -1.46. The van der Waals surface area contributed by atoms with Crippen LogP contribution >= 0.6 is 0 Å². The molecule has 0 aliphatic carbocycles. The van der Waals surface area contributed by atoms with Crippen LogP contribution in [0.3, 0.4) is 0 Å². The van der Waals surface area contributed by atoms with Gasteiger partial charge in [0.05, 0.1) is 12.5 Å². The zero-order chi connectivity index (χ0) is 13.6. The molecule has 3 N–H and O–H groups in total. The summed E-state index contributed by atoms with van der Waals surface area (Å²) < 4.78 is 0. The second kappa shape index (κ2) is 6.47. The van der Waals surface area contributed by atoms with E-state index < -0.39 is 12.1 Å². The van der Waals surface area contributed by atoms with Crippen molar-refractivity contribution in [3.05, 3.63) is 30.1 Å². The van der Waals surface area contributed by atoms with Crippen LogP contribution in [-0.2, 0) is 10.2 Å². The number of aromatic nitrogens is 1. The fraction of sp³-hybridized carbons (Fsp3) is 0.538. The molecule has 0 radical (unpaired) electrons. The third kappa shape index (κ3) is 4.81. The predicted octanol–water partition coefficient (Wildman–Crippen LogP) is 0.784. The van der Waals surface area contributed by atoms with E-state index in [1.54, 1.807) is 6.20 Å². The van der Waals surface area contributed by atoms with E-state index in [2.05, 4.69) is 10.3 Å². The number of aliphatic hydroxyl groups excluding tert-OH is 1. The van der Waals surface area contributed by atoms with Gasteiger partial charge in [0.1, 0.15) is 0 Å². The summed E-state index contributed by atoms with van der Waals surface area (Å²) in [5.74, 6) is -0.992. The highest BCUT2D eigenvalue weighted by Crippen LogP contribution is 2.19. The molecular weight excluding hydrogens is 232 g/mol. The molecule has 1 atom stereocenters. The molecule has 1 aromatic rings. The van der Waals surface area contributed by atoms with Crippen molar-refractivity contribution >= 4 is 5.97 Å². The summed E-state index contributed by atoms with van der Waals surface area (Å²) >= 11 is 0. The lowest BCUT2D eigenvalue weighted by molar-refractivity contribution is -0.139. The van der Waals surface area contributed by atoms with Gasteiger partial charge in [-0.15, -0.1) is 0 Å². The number of nitrogens with one attached hydrogen (secondary N) is 1. The number of carboxylic acids is 1. The molecule has 18 heavy (non-hydrogen) atoms. The number of nitrogens with zero attached hydrogens (tertiary/aromatic N) is 1. The Morgan fingerprint density at radius 1 is 1.50 bits per heavy atom. The van der Waals surface area contributed by atoms with Crippen LogP contribution in [0.15, 0.2) is 24.4 Å². The molecule has 1 aromatic heterocycles. The van der Waals surface area contributed by atoms with Crippen molar-refractivity contribution in [2.75, 3.05) is 13.1 Å². The summed E-state index contributed by atoms with van der Waals surface area (Å²) in [6, 6.07) is 5.75. The lowest BCUT2D eigenvalue weighted by atomic mass is 9.88. The van der Waals surface area contributed by atoms with Gasteiger partial charge in [-0.05, 0) is 12.1 Å². The van der Waals surface area contributed by atoms with E-state index in [-0.39, 0.29) is 18.4 Å². The first kappa shape index (κ1) is 14.6. The number of carbonyl (C=O) groups is 1. The van der Waals surface area contributed by atoms with E-state index in [1.165, 1.54) is 0 Å². The minimum atomic E-state index is -0.992. The monoisotopic (exact) mass is 252 g/mol. The Morgan fingerprint density at radius 2 is 2.22 bits per heavy atom. The predicted molar refractivity (Wildman–Crippen MR) is 68.4 cm³/mol. The van der Waals surface area contributed by atoms with E-state index in [4.69, 9.17) is 5.11 Å². The quantitative estimate of drug-likeness (QED) is 0.668. The van der Waals surface area contributed by atoms with Crippen molar-refractivity contribution in [1.29, 1.82) is 0 Å². The average Bonchev–Trinajstić information content (AvgIpc) is 2.29.